The zero-order chi connectivity index (χ0) is 14.5. The molecule has 0 amide bonds. The van der Waals surface area contributed by atoms with Crippen LogP contribution >= 0.6 is 0 Å². The zero-order valence-corrected chi connectivity index (χ0v) is 12.6. The average molecular weight is 281 g/mol. The molecular formula is C15H23NO4. The summed E-state index contributed by atoms with van der Waals surface area (Å²) < 4.78 is 22.1. The second-order valence-electron chi connectivity index (χ2n) is 4.79. The van der Waals surface area contributed by atoms with E-state index in [-0.39, 0.29) is 6.10 Å². The van der Waals surface area contributed by atoms with Crippen LogP contribution in [-0.2, 0) is 4.74 Å². The number of ether oxygens (including phenoxy) is 4. The van der Waals surface area contributed by atoms with Crippen molar-refractivity contribution in [2.45, 2.75) is 25.0 Å². The summed E-state index contributed by atoms with van der Waals surface area (Å²) in [4.78, 5) is 0. The van der Waals surface area contributed by atoms with Gasteiger partial charge in [0, 0.05) is 18.2 Å². The van der Waals surface area contributed by atoms with E-state index >= 15 is 0 Å². The molecule has 0 bridgehead atoms. The van der Waals surface area contributed by atoms with Crippen LogP contribution < -0.4 is 19.5 Å². The topological polar surface area (TPSA) is 49.0 Å². The van der Waals surface area contributed by atoms with E-state index in [2.05, 4.69) is 5.32 Å². The smallest absolute Gasteiger partial charge is 0.203 e. The fourth-order valence-corrected chi connectivity index (χ4v) is 2.65. The van der Waals surface area contributed by atoms with Crippen molar-refractivity contribution in [1.29, 1.82) is 0 Å². The lowest BCUT2D eigenvalue weighted by Crippen LogP contribution is -2.33. The monoisotopic (exact) mass is 281 g/mol. The Morgan fingerprint density at radius 3 is 2.45 bits per heavy atom. The van der Waals surface area contributed by atoms with E-state index < -0.39 is 0 Å². The Bertz CT molecular complexity index is 450. The number of rotatable bonds is 5. The van der Waals surface area contributed by atoms with Crippen LogP contribution in [0.15, 0.2) is 12.1 Å². The highest BCUT2D eigenvalue weighted by Gasteiger charge is 2.28. The number of nitrogens with one attached hydrogen (secondary N) is 1. The minimum absolute atomic E-state index is 0.0101. The Morgan fingerprint density at radius 2 is 1.85 bits per heavy atom. The molecule has 5 nitrogen and oxygen atoms in total. The lowest BCUT2D eigenvalue weighted by molar-refractivity contribution is 0.000115. The third-order valence-electron chi connectivity index (χ3n) is 3.77. The third kappa shape index (κ3) is 2.83. The fraction of sp³-hybridized carbons (Fsp3) is 0.600. The van der Waals surface area contributed by atoms with E-state index in [1.807, 2.05) is 19.2 Å². The Balaban J connectivity index is 2.35. The van der Waals surface area contributed by atoms with Crippen LogP contribution in [-0.4, -0.2) is 41.0 Å². The first-order valence-electron chi connectivity index (χ1n) is 6.82. The summed E-state index contributed by atoms with van der Waals surface area (Å²) in [5.41, 5.74) is 1.00. The molecule has 0 saturated carbocycles. The summed E-state index contributed by atoms with van der Waals surface area (Å²) in [5, 5.41) is 3.32. The molecule has 0 radical (unpaired) electrons. The maximum absolute atomic E-state index is 5.90. The number of hydrogen-bond donors (Lipinski definition) is 1. The van der Waals surface area contributed by atoms with Gasteiger partial charge in [0.25, 0.3) is 0 Å². The molecule has 1 aromatic rings. The SMILES string of the molecule is CNC1CCOC(c2ccc(OC)c(OC)c2OC)C1. The molecule has 2 atom stereocenters. The highest BCUT2D eigenvalue weighted by Crippen LogP contribution is 2.44. The number of methoxy groups -OCH3 is 3. The lowest BCUT2D eigenvalue weighted by Gasteiger charge is -2.30. The van der Waals surface area contributed by atoms with Crippen molar-refractivity contribution < 1.29 is 18.9 Å². The molecule has 1 aliphatic rings. The van der Waals surface area contributed by atoms with Gasteiger partial charge in [0.05, 0.1) is 27.4 Å². The van der Waals surface area contributed by atoms with Crippen LogP contribution in [0.1, 0.15) is 24.5 Å². The van der Waals surface area contributed by atoms with Crippen LogP contribution in [0, 0.1) is 0 Å². The lowest BCUT2D eigenvalue weighted by atomic mass is 9.96. The van der Waals surface area contributed by atoms with Gasteiger partial charge in [-0.15, -0.1) is 0 Å². The number of hydrogen-bond acceptors (Lipinski definition) is 5. The fourth-order valence-electron chi connectivity index (χ4n) is 2.65. The van der Waals surface area contributed by atoms with Gasteiger partial charge in [0.1, 0.15) is 0 Å². The van der Waals surface area contributed by atoms with Gasteiger partial charge in [0.2, 0.25) is 5.75 Å². The summed E-state index contributed by atoms with van der Waals surface area (Å²) >= 11 is 0. The molecule has 20 heavy (non-hydrogen) atoms. The van der Waals surface area contributed by atoms with Crippen LogP contribution in [0.4, 0.5) is 0 Å². The molecule has 1 fully saturated rings. The average Bonchev–Trinajstić information content (AvgIpc) is 2.53. The van der Waals surface area contributed by atoms with Crippen molar-refractivity contribution in [2.24, 2.45) is 0 Å². The summed E-state index contributed by atoms with van der Waals surface area (Å²) in [7, 11) is 6.85. The predicted molar refractivity (Wildman–Crippen MR) is 76.9 cm³/mol. The molecule has 0 aliphatic carbocycles. The highest BCUT2D eigenvalue weighted by molar-refractivity contribution is 5.56. The van der Waals surface area contributed by atoms with Gasteiger partial charge in [-0.05, 0) is 32.0 Å². The Kier molecular flexibility index (Phi) is 5.09. The highest BCUT2D eigenvalue weighted by atomic mass is 16.5. The van der Waals surface area contributed by atoms with Crippen LogP contribution in [0.5, 0.6) is 17.2 Å². The predicted octanol–water partition coefficient (Wildman–Crippen LogP) is 2.15. The molecule has 0 spiro atoms. The molecule has 1 heterocycles. The molecule has 1 aliphatic heterocycles. The van der Waals surface area contributed by atoms with E-state index in [1.165, 1.54) is 0 Å². The largest absolute Gasteiger partial charge is 0.493 e. The summed E-state index contributed by atoms with van der Waals surface area (Å²) in [5.74, 6) is 1.96. The van der Waals surface area contributed by atoms with E-state index in [0.717, 1.165) is 25.0 Å². The first kappa shape index (κ1) is 14.9. The normalized spacial score (nSPS) is 22.4. The van der Waals surface area contributed by atoms with Gasteiger partial charge in [0.15, 0.2) is 11.5 Å². The van der Waals surface area contributed by atoms with E-state index in [9.17, 15) is 0 Å². The summed E-state index contributed by atoms with van der Waals surface area (Å²) in [6.07, 6.45) is 1.96. The first-order chi connectivity index (χ1) is 9.74. The van der Waals surface area contributed by atoms with E-state index in [0.29, 0.717) is 23.3 Å². The maximum Gasteiger partial charge on any atom is 0.203 e. The summed E-state index contributed by atoms with van der Waals surface area (Å²) in [6.45, 7) is 0.744. The van der Waals surface area contributed by atoms with Gasteiger partial charge in [-0.25, -0.2) is 0 Å². The maximum atomic E-state index is 5.90. The van der Waals surface area contributed by atoms with Crippen LogP contribution in [0.3, 0.4) is 0 Å². The van der Waals surface area contributed by atoms with Crippen molar-refractivity contribution in [2.75, 3.05) is 35.0 Å². The molecule has 1 saturated heterocycles. The molecule has 1 aromatic carbocycles. The van der Waals surface area contributed by atoms with Crippen molar-refractivity contribution in [3.63, 3.8) is 0 Å². The molecule has 2 unspecified atom stereocenters. The molecule has 0 aromatic heterocycles. The van der Waals surface area contributed by atoms with E-state index in [4.69, 9.17) is 18.9 Å². The van der Waals surface area contributed by atoms with Gasteiger partial charge >= 0.3 is 0 Å². The van der Waals surface area contributed by atoms with Crippen molar-refractivity contribution in [3.8, 4) is 17.2 Å². The van der Waals surface area contributed by atoms with Crippen molar-refractivity contribution >= 4 is 0 Å². The van der Waals surface area contributed by atoms with Gasteiger partial charge in [-0.1, -0.05) is 0 Å². The molecule has 2 rings (SSSR count). The van der Waals surface area contributed by atoms with Gasteiger partial charge < -0.3 is 24.3 Å². The van der Waals surface area contributed by atoms with Gasteiger partial charge in [-0.2, -0.15) is 0 Å². The van der Waals surface area contributed by atoms with Crippen molar-refractivity contribution in [1.82, 2.24) is 5.32 Å². The third-order valence-corrected chi connectivity index (χ3v) is 3.77. The second kappa shape index (κ2) is 6.81. The zero-order valence-electron chi connectivity index (χ0n) is 12.6. The number of benzene rings is 1. The quantitative estimate of drug-likeness (QED) is 0.896. The molecule has 112 valence electrons. The molecule has 5 heteroatoms. The van der Waals surface area contributed by atoms with Gasteiger partial charge in [-0.3, -0.25) is 0 Å². The Hall–Kier alpha value is -1.46. The Labute approximate surface area is 120 Å². The summed E-state index contributed by atoms with van der Waals surface area (Å²) in [6, 6.07) is 4.35. The molecule has 1 N–H and O–H groups in total. The van der Waals surface area contributed by atoms with E-state index in [1.54, 1.807) is 21.3 Å². The van der Waals surface area contributed by atoms with Crippen molar-refractivity contribution in [3.05, 3.63) is 17.7 Å². The standard InChI is InChI=1S/C15H23NO4/c1-16-10-7-8-20-13(9-10)11-5-6-12(17-2)15(19-4)14(11)18-3/h5-6,10,13,16H,7-9H2,1-4H3. The Morgan fingerprint density at radius 1 is 1.10 bits per heavy atom. The minimum Gasteiger partial charge on any atom is -0.493 e. The van der Waals surface area contributed by atoms with Crippen LogP contribution in [0.25, 0.3) is 0 Å². The van der Waals surface area contributed by atoms with Crippen LogP contribution in [0.2, 0.25) is 0 Å². The minimum atomic E-state index is 0.0101. The first-order valence-corrected chi connectivity index (χ1v) is 6.82. The molecular weight excluding hydrogens is 258 g/mol. The second-order valence-corrected chi connectivity index (χ2v) is 4.79.